The Labute approximate surface area is 115 Å². The van der Waals surface area contributed by atoms with Crippen LogP contribution < -0.4 is 10.0 Å². The quantitative estimate of drug-likeness (QED) is 0.795. The van der Waals surface area contributed by atoms with E-state index in [-0.39, 0.29) is 0 Å². The molecule has 0 aromatic rings. The van der Waals surface area contributed by atoms with E-state index in [9.17, 15) is 8.42 Å². The van der Waals surface area contributed by atoms with Gasteiger partial charge in [-0.2, -0.15) is 11.8 Å². The van der Waals surface area contributed by atoms with Gasteiger partial charge in [0.15, 0.2) is 0 Å². The fourth-order valence-corrected chi connectivity index (χ4v) is 5.38. The van der Waals surface area contributed by atoms with Crippen LogP contribution in [-0.2, 0) is 10.0 Å². The summed E-state index contributed by atoms with van der Waals surface area (Å²) in [5.74, 6) is 3.57. The Balaban J connectivity index is 1.72. The van der Waals surface area contributed by atoms with Gasteiger partial charge in [0.2, 0.25) is 10.0 Å². The van der Waals surface area contributed by atoms with Crippen LogP contribution in [0.25, 0.3) is 0 Å². The monoisotopic (exact) mass is 292 g/mol. The average Bonchev–Trinajstić information content (AvgIpc) is 2.38. The third-order valence-corrected chi connectivity index (χ3v) is 6.41. The number of piperidine rings is 1. The average molecular weight is 292 g/mol. The van der Waals surface area contributed by atoms with Crippen molar-refractivity contribution in [2.45, 2.75) is 25.7 Å². The highest BCUT2D eigenvalue weighted by Gasteiger charge is 2.22. The minimum absolute atomic E-state index is 0.316. The Kier molecular flexibility index (Phi) is 5.79. The van der Waals surface area contributed by atoms with Crippen molar-refractivity contribution in [2.24, 2.45) is 11.8 Å². The van der Waals surface area contributed by atoms with Crippen LogP contribution >= 0.6 is 11.8 Å². The molecule has 0 atom stereocenters. The summed E-state index contributed by atoms with van der Waals surface area (Å²) in [4.78, 5) is 0. The number of hydrogen-bond donors (Lipinski definition) is 2. The lowest BCUT2D eigenvalue weighted by Gasteiger charge is -2.24. The van der Waals surface area contributed by atoms with Gasteiger partial charge in [-0.3, -0.25) is 0 Å². The van der Waals surface area contributed by atoms with E-state index in [1.807, 2.05) is 11.8 Å². The molecule has 2 saturated heterocycles. The molecule has 2 aliphatic heterocycles. The van der Waals surface area contributed by atoms with Gasteiger partial charge in [-0.25, -0.2) is 13.1 Å². The molecule has 0 spiro atoms. The molecule has 2 N–H and O–H groups in total. The van der Waals surface area contributed by atoms with Crippen molar-refractivity contribution in [3.8, 4) is 0 Å². The topological polar surface area (TPSA) is 58.2 Å². The molecule has 2 aliphatic rings. The second kappa shape index (κ2) is 7.12. The van der Waals surface area contributed by atoms with Crippen LogP contribution in [0.1, 0.15) is 25.7 Å². The van der Waals surface area contributed by atoms with E-state index in [4.69, 9.17) is 0 Å². The van der Waals surface area contributed by atoms with Crippen LogP contribution in [0.4, 0.5) is 0 Å². The molecule has 0 aliphatic carbocycles. The summed E-state index contributed by atoms with van der Waals surface area (Å²) in [7, 11) is -3.07. The van der Waals surface area contributed by atoms with Gasteiger partial charge in [-0.1, -0.05) is 0 Å². The van der Waals surface area contributed by atoms with Gasteiger partial charge >= 0.3 is 0 Å². The van der Waals surface area contributed by atoms with Crippen molar-refractivity contribution in [2.75, 3.05) is 36.9 Å². The second-order valence-corrected chi connectivity index (χ2v) is 8.46. The highest BCUT2D eigenvalue weighted by Crippen LogP contribution is 2.22. The normalized spacial score (nSPS) is 24.2. The van der Waals surface area contributed by atoms with Crippen LogP contribution in [0.3, 0.4) is 0 Å². The molecule has 0 saturated carbocycles. The first kappa shape index (κ1) is 14.6. The third-order valence-electron chi connectivity index (χ3n) is 3.85. The zero-order valence-electron chi connectivity index (χ0n) is 10.9. The summed E-state index contributed by atoms with van der Waals surface area (Å²) in [6, 6.07) is 0. The van der Waals surface area contributed by atoms with Gasteiger partial charge < -0.3 is 5.32 Å². The standard InChI is InChI=1S/C12H24N2O2S2/c15-18(16,10-12-1-5-13-6-2-12)14-9-11-3-7-17-8-4-11/h11-14H,1-10H2. The second-order valence-electron chi connectivity index (χ2n) is 5.38. The highest BCUT2D eigenvalue weighted by molar-refractivity contribution is 7.99. The Morgan fingerprint density at radius 1 is 1.06 bits per heavy atom. The number of rotatable bonds is 5. The van der Waals surface area contributed by atoms with Crippen molar-refractivity contribution in [3.63, 3.8) is 0 Å². The Hall–Kier alpha value is 0.220. The molecule has 0 radical (unpaired) electrons. The predicted molar refractivity (Wildman–Crippen MR) is 77.4 cm³/mol. The van der Waals surface area contributed by atoms with Gasteiger partial charge in [-0.05, 0) is 62.1 Å². The minimum atomic E-state index is -3.07. The molecule has 18 heavy (non-hydrogen) atoms. The van der Waals surface area contributed by atoms with Crippen molar-refractivity contribution < 1.29 is 8.42 Å². The van der Waals surface area contributed by atoms with Crippen molar-refractivity contribution in [3.05, 3.63) is 0 Å². The smallest absolute Gasteiger partial charge is 0.211 e. The molecule has 2 rings (SSSR count). The lowest BCUT2D eigenvalue weighted by molar-refractivity contribution is 0.398. The Bertz CT molecular complexity index is 334. The molecule has 0 aromatic carbocycles. The van der Waals surface area contributed by atoms with Gasteiger partial charge in [0.05, 0.1) is 5.75 Å². The van der Waals surface area contributed by atoms with E-state index in [1.54, 1.807) is 0 Å². The molecule has 2 heterocycles. The molecule has 2 fully saturated rings. The van der Waals surface area contributed by atoms with Crippen LogP contribution in [0.15, 0.2) is 0 Å². The van der Waals surface area contributed by atoms with Gasteiger partial charge in [0, 0.05) is 6.54 Å². The lowest BCUT2D eigenvalue weighted by atomic mass is 10.0. The number of sulfonamides is 1. The minimum Gasteiger partial charge on any atom is -0.317 e. The first-order valence-electron chi connectivity index (χ1n) is 6.91. The third kappa shape index (κ3) is 5.07. The van der Waals surface area contributed by atoms with Crippen molar-refractivity contribution in [1.29, 1.82) is 0 Å². The van der Waals surface area contributed by atoms with E-state index in [0.29, 0.717) is 24.1 Å². The molecule has 0 aromatic heterocycles. The number of nitrogens with one attached hydrogen (secondary N) is 2. The SMILES string of the molecule is O=S(=O)(CC1CCNCC1)NCC1CCSCC1. The van der Waals surface area contributed by atoms with E-state index >= 15 is 0 Å². The van der Waals surface area contributed by atoms with Crippen molar-refractivity contribution in [1.82, 2.24) is 10.0 Å². The van der Waals surface area contributed by atoms with Gasteiger partial charge in [0.25, 0.3) is 0 Å². The maximum Gasteiger partial charge on any atom is 0.211 e. The maximum absolute atomic E-state index is 12.0. The molecule has 106 valence electrons. The van der Waals surface area contributed by atoms with Crippen LogP contribution in [0.2, 0.25) is 0 Å². The maximum atomic E-state index is 12.0. The van der Waals surface area contributed by atoms with Crippen LogP contribution in [0.5, 0.6) is 0 Å². The fraction of sp³-hybridized carbons (Fsp3) is 1.00. The van der Waals surface area contributed by atoms with Crippen LogP contribution in [-0.4, -0.2) is 45.3 Å². The lowest BCUT2D eigenvalue weighted by Crippen LogP contribution is -2.37. The molecular formula is C12H24N2O2S2. The van der Waals surface area contributed by atoms with E-state index in [0.717, 1.165) is 38.8 Å². The van der Waals surface area contributed by atoms with E-state index < -0.39 is 10.0 Å². The van der Waals surface area contributed by atoms with E-state index in [1.165, 1.54) is 11.5 Å². The molecule has 4 nitrogen and oxygen atoms in total. The Morgan fingerprint density at radius 2 is 1.72 bits per heavy atom. The summed E-state index contributed by atoms with van der Waals surface area (Å²) in [6.45, 7) is 2.56. The van der Waals surface area contributed by atoms with Crippen molar-refractivity contribution >= 4 is 21.8 Å². The predicted octanol–water partition coefficient (Wildman–Crippen LogP) is 1.05. The van der Waals surface area contributed by atoms with E-state index in [2.05, 4.69) is 10.0 Å². The summed E-state index contributed by atoms with van der Waals surface area (Å²) in [5, 5.41) is 3.27. The Morgan fingerprint density at radius 3 is 2.39 bits per heavy atom. The summed E-state index contributed by atoms with van der Waals surface area (Å²) in [5.41, 5.74) is 0. The zero-order chi connectivity index (χ0) is 12.8. The summed E-state index contributed by atoms with van der Waals surface area (Å²) >= 11 is 1.98. The van der Waals surface area contributed by atoms with Crippen LogP contribution in [0, 0.1) is 11.8 Å². The summed E-state index contributed by atoms with van der Waals surface area (Å²) < 4.78 is 26.8. The number of thioether (sulfide) groups is 1. The zero-order valence-corrected chi connectivity index (χ0v) is 12.5. The van der Waals surface area contributed by atoms with Gasteiger partial charge in [0.1, 0.15) is 0 Å². The molecule has 0 unspecified atom stereocenters. The molecule has 6 heteroatoms. The first-order valence-corrected chi connectivity index (χ1v) is 9.72. The van der Waals surface area contributed by atoms with Gasteiger partial charge in [-0.15, -0.1) is 0 Å². The molecule has 0 amide bonds. The first-order chi connectivity index (χ1) is 8.66. The molecule has 0 bridgehead atoms. The fourth-order valence-electron chi connectivity index (χ4n) is 2.61. The molecular weight excluding hydrogens is 268 g/mol. The highest BCUT2D eigenvalue weighted by atomic mass is 32.2. The number of hydrogen-bond acceptors (Lipinski definition) is 4. The largest absolute Gasteiger partial charge is 0.317 e. The summed E-state index contributed by atoms with van der Waals surface area (Å²) in [6.07, 6.45) is 4.28.